The number of rotatable bonds is 8. The molecule has 0 aromatic carbocycles. The number of sulfonamides is 1. The molecule has 0 saturated carbocycles. The van der Waals surface area contributed by atoms with Crippen LogP contribution in [0.1, 0.15) is 26.3 Å². The first kappa shape index (κ1) is 16.1. The summed E-state index contributed by atoms with van der Waals surface area (Å²) in [4.78, 5) is 0. The molecule has 0 aliphatic rings. The van der Waals surface area contributed by atoms with Crippen molar-refractivity contribution in [2.45, 2.75) is 44.5 Å². The Morgan fingerprint density at radius 1 is 1.42 bits per heavy atom. The van der Waals surface area contributed by atoms with Crippen molar-refractivity contribution in [3.8, 4) is 0 Å². The van der Waals surface area contributed by atoms with Gasteiger partial charge in [0.1, 0.15) is 0 Å². The van der Waals surface area contributed by atoms with Crippen molar-refractivity contribution in [2.24, 2.45) is 0 Å². The molecule has 1 aromatic rings. The maximum absolute atomic E-state index is 12.1. The van der Waals surface area contributed by atoms with E-state index in [2.05, 4.69) is 20.2 Å². The quantitative estimate of drug-likeness (QED) is 0.636. The molecular formula is C11H22N4O3S. The fourth-order valence-electron chi connectivity index (χ4n) is 1.35. The van der Waals surface area contributed by atoms with Crippen molar-refractivity contribution < 1.29 is 13.2 Å². The molecule has 0 bridgehead atoms. The minimum absolute atomic E-state index is 0.101. The van der Waals surface area contributed by atoms with Crippen molar-refractivity contribution in [1.82, 2.24) is 20.2 Å². The van der Waals surface area contributed by atoms with Gasteiger partial charge in [0.15, 0.2) is 5.03 Å². The van der Waals surface area contributed by atoms with Crippen LogP contribution < -0.4 is 10.0 Å². The highest BCUT2D eigenvalue weighted by atomic mass is 32.2. The minimum Gasteiger partial charge on any atom is -0.380 e. The first-order valence-corrected chi connectivity index (χ1v) is 7.63. The Morgan fingerprint density at radius 2 is 2.11 bits per heavy atom. The van der Waals surface area contributed by atoms with Crippen LogP contribution in [0.5, 0.6) is 0 Å². The zero-order chi connectivity index (χ0) is 14.5. The number of aromatic nitrogens is 2. The number of nitrogens with zero attached hydrogens (tertiary/aromatic N) is 1. The molecule has 0 fully saturated rings. The van der Waals surface area contributed by atoms with Gasteiger partial charge in [-0.1, -0.05) is 13.8 Å². The lowest BCUT2D eigenvalue weighted by atomic mass is 10.3. The van der Waals surface area contributed by atoms with Gasteiger partial charge < -0.3 is 10.1 Å². The molecule has 0 radical (unpaired) electrons. The van der Waals surface area contributed by atoms with Gasteiger partial charge in [-0.15, -0.1) is 0 Å². The molecule has 0 aliphatic carbocycles. The Bertz CT molecular complexity index is 484. The largest absolute Gasteiger partial charge is 0.380 e. The molecule has 1 atom stereocenters. The molecule has 0 saturated heterocycles. The highest BCUT2D eigenvalue weighted by molar-refractivity contribution is 7.89. The Labute approximate surface area is 114 Å². The summed E-state index contributed by atoms with van der Waals surface area (Å²) >= 11 is 0. The first-order valence-electron chi connectivity index (χ1n) is 6.15. The minimum atomic E-state index is -3.59. The number of H-pyrrole nitrogens is 1. The molecule has 0 aliphatic heterocycles. The fourth-order valence-corrected chi connectivity index (χ4v) is 2.60. The van der Waals surface area contributed by atoms with E-state index in [-0.39, 0.29) is 23.7 Å². The van der Waals surface area contributed by atoms with Crippen LogP contribution in [-0.2, 0) is 21.3 Å². The summed E-state index contributed by atoms with van der Waals surface area (Å²) in [5.41, 5.74) is 0.617. The van der Waals surface area contributed by atoms with Crippen molar-refractivity contribution in [3.63, 3.8) is 0 Å². The number of methoxy groups -OCH3 is 1. The molecule has 19 heavy (non-hydrogen) atoms. The van der Waals surface area contributed by atoms with Crippen LogP contribution >= 0.6 is 0 Å². The zero-order valence-corrected chi connectivity index (χ0v) is 12.5. The van der Waals surface area contributed by atoms with E-state index in [9.17, 15) is 8.42 Å². The molecular weight excluding hydrogens is 268 g/mol. The van der Waals surface area contributed by atoms with E-state index in [1.807, 2.05) is 13.8 Å². The smallest absolute Gasteiger partial charge is 0.257 e. The molecule has 0 amide bonds. The monoisotopic (exact) mass is 290 g/mol. The third-order valence-corrected chi connectivity index (χ3v) is 4.05. The lowest BCUT2D eigenvalue weighted by Crippen LogP contribution is -2.33. The van der Waals surface area contributed by atoms with Gasteiger partial charge in [-0.05, 0) is 6.92 Å². The van der Waals surface area contributed by atoms with Gasteiger partial charge in [0.25, 0.3) is 10.0 Å². The van der Waals surface area contributed by atoms with Crippen molar-refractivity contribution in [3.05, 3.63) is 11.8 Å². The second-order valence-electron chi connectivity index (χ2n) is 4.66. The zero-order valence-electron chi connectivity index (χ0n) is 11.7. The molecule has 0 spiro atoms. The van der Waals surface area contributed by atoms with Gasteiger partial charge in [0.2, 0.25) is 0 Å². The highest BCUT2D eigenvalue weighted by Gasteiger charge is 2.21. The Kier molecular flexibility index (Phi) is 5.92. The predicted octanol–water partition coefficient (Wildman–Crippen LogP) is 0.221. The SMILES string of the molecule is COC(C)CNS(=O)(=O)c1[nH]ncc1CNC(C)C. The number of nitrogens with one attached hydrogen (secondary N) is 3. The van der Waals surface area contributed by atoms with Crippen molar-refractivity contribution >= 4 is 10.0 Å². The molecule has 1 aromatic heterocycles. The van der Waals surface area contributed by atoms with E-state index in [1.54, 1.807) is 6.92 Å². The third kappa shape index (κ3) is 4.90. The average molecular weight is 290 g/mol. The molecule has 1 rings (SSSR count). The van der Waals surface area contributed by atoms with Gasteiger partial charge in [-0.25, -0.2) is 13.1 Å². The van der Waals surface area contributed by atoms with Crippen molar-refractivity contribution in [1.29, 1.82) is 0 Å². The Hall–Kier alpha value is -0.960. The van der Waals surface area contributed by atoms with Crippen LogP contribution in [0.4, 0.5) is 0 Å². The standard InChI is InChI=1S/C11H22N4O3S/c1-8(2)12-6-10-7-13-15-11(10)19(16,17)14-5-9(3)18-4/h7-9,12,14H,5-6H2,1-4H3,(H,13,15). The number of aromatic amines is 1. The maximum Gasteiger partial charge on any atom is 0.257 e. The van der Waals surface area contributed by atoms with E-state index in [0.29, 0.717) is 12.1 Å². The maximum atomic E-state index is 12.1. The van der Waals surface area contributed by atoms with Gasteiger partial charge in [0.05, 0.1) is 12.3 Å². The van der Waals surface area contributed by atoms with Gasteiger partial charge in [-0.3, -0.25) is 5.10 Å². The Morgan fingerprint density at radius 3 is 2.68 bits per heavy atom. The van der Waals surface area contributed by atoms with Gasteiger partial charge in [0, 0.05) is 31.8 Å². The summed E-state index contributed by atoms with van der Waals surface area (Å²) in [5.74, 6) is 0. The number of ether oxygens (including phenoxy) is 1. The molecule has 1 heterocycles. The van der Waals surface area contributed by atoms with E-state index >= 15 is 0 Å². The molecule has 3 N–H and O–H groups in total. The number of hydrogen-bond donors (Lipinski definition) is 3. The van der Waals surface area contributed by atoms with Crippen LogP contribution in [0.2, 0.25) is 0 Å². The van der Waals surface area contributed by atoms with Gasteiger partial charge >= 0.3 is 0 Å². The fraction of sp³-hybridized carbons (Fsp3) is 0.727. The van der Waals surface area contributed by atoms with E-state index in [0.717, 1.165) is 0 Å². The first-order chi connectivity index (χ1) is 8.86. The lowest BCUT2D eigenvalue weighted by Gasteiger charge is -2.12. The van der Waals surface area contributed by atoms with E-state index in [1.165, 1.54) is 13.3 Å². The van der Waals surface area contributed by atoms with Crippen LogP contribution in [0.15, 0.2) is 11.2 Å². The number of hydrogen-bond acceptors (Lipinski definition) is 5. The van der Waals surface area contributed by atoms with Crippen LogP contribution in [0.25, 0.3) is 0 Å². The summed E-state index contributed by atoms with van der Waals surface area (Å²) in [6.07, 6.45) is 1.33. The summed E-state index contributed by atoms with van der Waals surface area (Å²) in [5, 5.41) is 9.59. The normalized spacial score (nSPS) is 13.9. The third-order valence-electron chi connectivity index (χ3n) is 2.61. The second kappa shape index (κ2) is 6.99. The summed E-state index contributed by atoms with van der Waals surface area (Å²) in [7, 11) is -2.05. The van der Waals surface area contributed by atoms with Crippen LogP contribution in [0, 0.1) is 0 Å². The molecule has 110 valence electrons. The average Bonchev–Trinajstić information content (AvgIpc) is 2.82. The summed E-state index contributed by atoms with van der Waals surface area (Å²) in [6.45, 7) is 6.44. The summed E-state index contributed by atoms with van der Waals surface area (Å²) < 4.78 is 31.7. The second-order valence-corrected chi connectivity index (χ2v) is 6.36. The van der Waals surface area contributed by atoms with E-state index in [4.69, 9.17) is 4.74 Å². The predicted molar refractivity (Wildman–Crippen MR) is 72.2 cm³/mol. The van der Waals surface area contributed by atoms with E-state index < -0.39 is 10.0 Å². The summed E-state index contributed by atoms with van der Waals surface area (Å²) in [6, 6.07) is 0.270. The molecule has 8 heteroatoms. The van der Waals surface area contributed by atoms with Crippen LogP contribution in [0.3, 0.4) is 0 Å². The van der Waals surface area contributed by atoms with Crippen molar-refractivity contribution in [2.75, 3.05) is 13.7 Å². The highest BCUT2D eigenvalue weighted by Crippen LogP contribution is 2.11. The molecule has 1 unspecified atom stereocenters. The van der Waals surface area contributed by atoms with Gasteiger partial charge in [-0.2, -0.15) is 5.10 Å². The lowest BCUT2D eigenvalue weighted by molar-refractivity contribution is 0.122. The van der Waals surface area contributed by atoms with Crippen LogP contribution in [-0.4, -0.2) is 44.4 Å². The Balaban J connectivity index is 2.75. The topological polar surface area (TPSA) is 96.1 Å². The molecule has 7 nitrogen and oxygen atoms in total.